The van der Waals surface area contributed by atoms with Crippen molar-refractivity contribution in [3.05, 3.63) is 46.8 Å². The van der Waals surface area contributed by atoms with Crippen molar-refractivity contribution in [1.82, 2.24) is 9.78 Å². The molecule has 1 aliphatic rings. The Hall–Kier alpha value is -2.63. The highest BCUT2D eigenvalue weighted by Crippen LogP contribution is 2.37. The van der Waals surface area contributed by atoms with E-state index in [1.807, 2.05) is 50.7 Å². The van der Waals surface area contributed by atoms with Gasteiger partial charge in [-0.05, 0) is 37.5 Å². The molecule has 0 saturated heterocycles. The first kappa shape index (κ1) is 17.2. The molecule has 1 amide bonds. The number of fused-ring (bicyclic) bond motifs is 1. The average molecular weight is 341 g/mol. The molecule has 132 valence electrons. The molecule has 1 N–H and O–H groups in total. The van der Waals surface area contributed by atoms with Gasteiger partial charge >= 0.3 is 5.97 Å². The first-order chi connectivity index (χ1) is 11.8. The van der Waals surface area contributed by atoms with Gasteiger partial charge in [0.25, 0.3) is 0 Å². The number of carbonyl (C=O) groups is 2. The van der Waals surface area contributed by atoms with Gasteiger partial charge in [0, 0.05) is 30.9 Å². The van der Waals surface area contributed by atoms with Crippen molar-refractivity contribution in [3.8, 4) is 0 Å². The number of aliphatic carboxylic acids is 1. The van der Waals surface area contributed by atoms with E-state index in [0.717, 1.165) is 17.0 Å². The molecule has 0 bridgehead atoms. The summed E-state index contributed by atoms with van der Waals surface area (Å²) in [6.45, 7) is 6.04. The van der Waals surface area contributed by atoms with Gasteiger partial charge < -0.3 is 10.0 Å². The molecule has 3 rings (SSSR count). The number of para-hydroxylation sites is 1. The molecular weight excluding hydrogens is 318 g/mol. The molecule has 25 heavy (non-hydrogen) atoms. The van der Waals surface area contributed by atoms with Crippen LogP contribution < -0.4 is 4.90 Å². The number of rotatable bonds is 4. The topological polar surface area (TPSA) is 75.4 Å². The van der Waals surface area contributed by atoms with E-state index in [4.69, 9.17) is 0 Å². The Morgan fingerprint density at radius 3 is 2.60 bits per heavy atom. The van der Waals surface area contributed by atoms with Crippen LogP contribution in [-0.2, 0) is 23.1 Å². The van der Waals surface area contributed by atoms with Gasteiger partial charge in [0.1, 0.15) is 5.92 Å². The summed E-state index contributed by atoms with van der Waals surface area (Å²) in [5, 5.41) is 13.9. The number of amides is 1. The standard InChI is InChI=1S/C19H23N3O3/c1-11(9-15-12(2)20-21(4)13(15)3)18(23)22-10-16(19(24)25)14-7-5-6-8-17(14)22/h5-8,11,16H,9-10H2,1-4H3,(H,24,25). The smallest absolute Gasteiger partial charge is 0.312 e. The number of anilines is 1. The number of aromatic nitrogens is 2. The normalized spacial score (nSPS) is 17.4. The summed E-state index contributed by atoms with van der Waals surface area (Å²) >= 11 is 0. The van der Waals surface area contributed by atoms with Crippen LogP contribution >= 0.6 is 0 Å². The van der Waals surface area contributed by atoms with E-state index in [1.54, 1.807) is 11.0 Å². The molecule has 1 aromatic heterocycles. The van der Waals surface area contributed by atoms with Crippen molar-refractivity contribution >= 4 is 17.6 Å². The quantitative estimate of drug-likeness (QED) is 0.927. The third-order valence-electron chi connectivity index (χ3n) is 5.12. The van der Waals surface area contributed by atoms with Gasteiger partial charge in [0.2, 0.25) is 5.91 Å². The van der Waals surface area contributed by atoms with Crippen LogP contribution in [-0.4, -0.2) is 33.3 Å². The van der Waals surface area contributed by atoms with E-state index in [9.17, 15) is 14.7 Å². The van der Waals surface area contributed by atoms with E-state index < -0.39 is 11.9 Å². The highest BCUT2D eigenvalue weighted by Gasteiger charge is 2.37. The Morgan fingerprint density at radius 1 is 1.32 bits per heavy atom. The maximum Gasteiger partial charge on any atom is 0.312 e. The van der Waals surface area contributed by atoms with Crippen molar-refractivity contribution in [1.29, 1.82) is 0 Å². The Labute approximate surface area is 147 Å². The molecule has 2 aromatic rings. The third kappa shape index (κ3) is 2.92. The van der Waals surface area contributed by atoms with Crippen molar-refractivity contribution in [2.24, 2.45) is 13.0 Å². The van der Waals surface area contributed by atoms with Crippen molar-refractivity contribution < 1.29 is 14.7 Å². The first-order valence-electron chi connectivity index (χ1n) is 8.43. The molecule has 2 atom stereocenters. The third-order valence-corrected chi connectivity index (χ3v) is 5.12. The lowest BCUT2D eigenvalue weighted by Gasteiger charge is -2.22. The minimum atomic E-state index is -0.894. The molecule has 2 heterocycles. The van der Waals surface area contributed by atoms with Crippen LogP contribution in [0.4, 0.5) is 5.69 Å². The number of carboxylic acid groups (broad SMARTS) is 1. The predicted molar refractivity (Wildman–Crippen MR) is 94.7 cm³/mol. The minimum Gasteiger partial charge on any atom is -0.481 e. The van der Waals surface area contributed by atoms with Crippen LogP contribution in [0.1, 0.15) is 35.4 Å². The summed E-state index contributed by atoms with van der Waals surface area (Å²) in [6, 6.07) is 7.27. The summed E-state index contributed by atoms with van der Waals surface area (Å²) < 4.78 is 1.83. The lowest BCUT2D eigenvalue weighted by atomic mass is 9.98. The predicted octanol–water partition coefficient (Wildman–Crippen LogP) is 2.43. The molecule has 0 saturated carbocycles. The van der Waals surface area contributed by atoms with Gasteiger partial charge in [-0.2, -0.15) is 5.10 Å². The van der Waals surface area contributed by atoms with Gasteiger partial charge in [-0.25, -0.2) is 0 Å². The molecule has 1 aliphatic heterocycles. The fourth-order valence-corrected chi connectivity index (χ4v) is 3.60. The molecule has 0 radical (unpaired) electrons. The number of carboxylic acids is 1. The Morgan fingerprint density at radius 2 is 2.00 bits per heavy atom. The molecule has 6 nitrogen and oxygen atoms in total. The molecule has 0 aliphatic carbocycles. The molecule has 2 unspecified atom stereocenters. The zero-order valence-electron chi connectivity index (χ0n) is 15.0. The average Bonchev–Trinajstić information content (AvgIpc) is 3.07. The van der Waals surface area contributed by atoms with E-state index in [0.29, 0.717) is 17.7 Å². The van der Waals surface area contributed by atoms with Gasteiger partial charge in [0.05, 0.1) is 5.69 Å². The second kappa shape index (κ2) is 6.35. The molecule has 6 heteroatoms. The molecular formula is C19H23N3O3. The monoisotopic (exact) mass is 341 g/mol. The maximum absolute atomic E-state index is 13.0. The fraction of sp³-hybridized carbons (Fsp3) is 0.421. The summed E-state index contributed by atoms with van der Waals surface area (Å²) in [5.74, 6) is -1.84. The van der Waals surface area contributed by atoms with Crippen molar-refractivity contribution in [3.63, 3.8) is 0 Å². The number of hydrogen-bond donors (Lipinski definition) is 1. The van der Waals surface area contributed by atoms with E-state index in [2.05, 4.69) is 5.10 Å². The Kier molecular flexibility index (Phi) is 4.37. The summed E-state index contributed by atoms with van der Waals surface area (Å²) in [5.41, 5.74) is 4.51. The fourth-order valence-electron chi connectivity index (χ4n) is 3.60. The highest BCUT2D eigenvalue weighted by molar-refractivity contribution is 6.00. The lowest BCUT2D eigenvalue weighted by Crippen LogP contribution is -2.36. The SMILES string of the molecule is Cc1nn(C)c(C)c1CC(C)C(=O)N1CC(C(=O)O)c2ccccc21. The zero-order chi connectivity index (χ0) is 18.3. The van der Waals surface area contributed by atoms with Crippen molar-refractivity contribution in [2.45, 2.75) is 33.1 Å². The molecule has 0 fully saturated rings. The Bertz CT molecular complexity index is 840. The van der Waals surface area contributed by atoms with Gasteiger partial charge in [-0.15, -0.1) is 0 Å². The van der Waals surface area contributed by atoms with Crippen LogP contribution in [0.2, 0.25) is 0 Å². The number of nitrogens with zero attached hydrogens (tertiary/aromatic N) is 3. The van der Waals surface area contributed by atoms with Crippen LogP contribution in [0.25, 0.3) is 0 Å². The second-order valence-electron chi connectivity index (χ2n) is 6.78. The molecule has 0 spiro atoms. The van der Waals surface area contributed by atoms with Crippen LogP contribution in [0.5, 0.6) is 0 Å². The zero-order valence-corrected chi connectivity index (χ0v) is 15.0. The van der Waals surface area contributed by atoms with E-state index in [1.165, 1.54) is 0 Å². The molecule has 1 aromatic carbocycles. The first-order valence-corrected chi connectivity index (χ1v) is 8.43. The summed E-state index contributed by atoms with van der Waals surface area (Å²) in [6.07, 6.45) is 0.598. The van der Waals surface area contributed by atoms with Gasteiger partial charge in [-0.1, -0.05) is 25.1 Å². The lowest BCUT2D eigenvalue weighted by molar-refractivity contribution is -0.138. The largest absolute Gasteiger partial charge is 0.481 e. The van der Waals surface area contributed by atoms with Gasteiger partial charge in [-0.3, -0.25) is 14.3 Å². The number of benzene rings is 1. The highest BCUT2D eigenvalue weighted by atomic mass is 16.4. The van der Waals surface area contributed by atoms with Gasteiger partial charge in [0.15, 0.2) is 0 Å². The maximum atomic E-state index is 13.0. The Balaban J connectivity index is 1.85. The van der Waals surface area contributed by atoms with E-state index >= 15 is 0 Å². The number of aryl methyl sites for hydroxylation is 2. The summed E-state index contributed by atoms with van der Waals surface area (Å²) in [7, 11) is 1.90. The van der Waals surface area contributed by atoms with Crippen LogP contribution in [0, 0.1) is 19.8 Å². The minimum absolute atomic E-state index is 0.0427. The number of carbonyl (C=O) groups excluding carboxylic acids is 1. The van der Waals surface area contributed by atoms with Crippen molar-refractivity contribution in [2.75, 3.05) is 11.4 Å². The van der Waals surface area contributed by atoms with Crippen LogP contribution in [0.15, 0.2) is 24.3 Å². The van der Waals surface area contributed by atoms with E-state index in [-0.39, 0.29) is 18.4 Å². The summed E-state index contributed by atoms with van der Waals surface area (Å²) in [4.78, 5) is 26.2. The van der Waals surface area contributed by atoms with Crippen LogP contribution in [0.3, 0.4) is 0 Å². The number of hydrogen-bond acceptors (Lipinski definition) is 3. The second-order valence-corrected chi connectivity index (χ2v) is 6.78.